The molecule has 2 amide bonds. The van der Waals surface area contributed by atoms with Gasteiger partial charge in [0.1, 0.15) is 5.82 Å². The van der Waals surface area contributed by atoms with Gasteiger partial charge in [-0.25, -0.2) is 14.2 Å². The van der Waals surface area contributed by atoms with Crippen molar-refractivity contribution in [1.29, 1.82) is 0 Å². The van der Waals surface area contributed by atoms with E-state index in [0.29, 0.717) is 36.8 Å². The van der Waals surface area contributed by atoms with Crippen LogP contribution in [0.4, 0.5) is 14.9 Å². The normalized spacial score (nSPS) is 15.1. The van der Waals surface area contributed by atoms with Gasteiger partial charge in [0.25, 0.3) is 5.56 Å². The molecule has 7 heteroatoms. The molecule has 0 aliphatic carbocycles. The maximum absolute atomic E-state index is 13.3. The molecular weight excluding hydrogens is 347 g/mol. The van der Waals surface area contributed by atoms with E-state index < -0.39 is 5.82 Å². The summed E-state index contributed by atoms with van der Waals surface area (Å²) in [6, 6.07) is 13.1. The lowest BCUT2D eigenvalue weighted by molar-refractivity contribution is 0.182. The number of aromatic nitrogens is 2. The molecule has 0 unspecified atom stereocenters. The lowest BCUT2D eigenvalue weighted by Gasteiger charge is -2.32. The van der Waals surface area contributed by atoms with Crippen molar-refractivity contribution in [3.63, 3.8) is 0 Å². The van der Waals surface area contributed by atoms with Crippen LogP contribution in [0, 0.1) is 5.82 Å². The van der Waals surface area contributed by atoms with Crippen molar-refractivity contribution >= 4 is 22.6 Å². The first-order chi connectivity index (χ1) is 13.1. The van der Waals surface area contributed by atoms with E-state index in [1.807, 2.05) is 30.3 Å². The quantitative estimate of drug-likeness (QED) is 0.756. The Morgan fingerprint density at radius 3 is 2.59 bits per heavy atom. The number of hydrogen-bond acceptors (Lipinski definition) is 3. The maximum Gasteiger partial charge on any atom is 0.321 e. The lowest BCUT2D eigenvalue weighted by Crippen LogP contribution is -2.42. The van der Waals surface area contributed by atoms with Gasteiger partial charge >= 0.3 is 6.03 Å². The molecular formula is C20H19FN4O2. The van der Waals surface area contributed by atoms with Crippen molar-refractivity contribution in [1.82, 2.24) is 14.5 Å². The molecule has 1 aliphatic rings. The van der Waals surface area contributed by atoms with Gasteiger partial charge in [-0.05, 0) is 37.1 Å². The fourth-order valence-electron chi connectivity index (χ4n) is 3.44. The molecule has 138 valence electrons. The van der Waals surface area contributed by atoms with Gasteiger partial charge in [-0.1, -0.05) is 18.2 Å². The molecule has 3 aromatic rings. The number of para-hydroxylation sites is 1. The molecule has 6 nitrogen and oxygen atoms in total. The third kappa shape index (κ3) is 3.53. The number of amides is 2. The van der Waals surface area contributed by atoms with E-state index in [4.69, 9.17) is 0 Å². The van der Waals surface area contributed by atoms with Crippen LogP contribution in [-0.4, -0.2) is 33.6 Å². The SMILES string of the molecule is O=C(Nc1ccccc1)N1CCC(n2cnc3cc(F)ccc3c2=O)CC1. The smallest absolute Gasteiger partial charge is 0.321 e. The highest BCUT2D eigenvalue weighted by Crippen LogP contribution is 2.22. The summed E-state index contributed by atoms with van der Waals surface area (Å²) in [5.74, 6) is -0.412. The maximum atomic E-state index is 13.3. The van der Waals surface area contributed by atoms with Crippen LogP contribution in [0.1, 0.15) is 18.9 Å². The molecule has 1 saturated heterocycles. The van der Waals surface area contributed by atoms with Gasteiger partial charge in [0, 0.05) is 30.9 Å². The third-order valence-corrected chi connectivity index (χ3v) is 4.92. The molecule has 1 fully saturated rings. The molecule has 0 bridgehead atoms. The minimum atomic E-state index is -0.412. The van der Waals surface area contributed by atoms with Crippen LogP contribution in [0.15, 0.2) is 59.7 Å². The highest BCUT2D eigenvalue weighted by molar-refractivity contribution is 5.89. The van der Waals surface area contributed by atoms with E-state index in [0.717, 1.165) is 5.69 Å². The predicted molar refractivity (Wildman–Crippen MR) is 101 cm³/mol. The van der Waals surface area contributed by atoms with Crippen LogP contribution in [0.25, 0.3) is 10.9 Å². The molecule has 2 aromatic carbocycles. The molecule has 1 aromatic heterocycles. The summed E-state index contributed by atoms with van der Waals surface area (Å²) in [5.41, 5.74) is 0.940. The zero-order valence-corrected chi connectivity index (χ0v) is 14.6. The standard InChI is InChI=1S/C20H19FN4O2/c21-14-6-7-17-18(12-14)22-13-25(19(17)26)16-8-10-24(11-9-16)20(27)23-15-4-2-1-3-5-15/h1-7,12-13,16H,8-11H2,(H,23,27). The molecule has 2 heterocycles. The Kier molecular flexibility index (Phi) is 4.58. The predicted octanol–water partition coefficient (Wildman–Crippen LogP) is 3.40. The van der Waals surface area contributed by atoms with Crippen LogP contribution in [0.2, 0.25) is 0 Å². The zero-order valence-electron chi connectivity index (χ0n) is 14.6. The monoisotopic (exact) mass is 366 g/mol. The summed E-state index contributed by atoms with van der Waals surface area (Å²) in [7, 11) is 0. The highest BCUT2D eigenvalue weighted by atomic mass is 19.1. The number of halogens is 1. The number of urea groups is 1. The van der Waals surface area contributed by atoms with Crippen molar-refractivity contribution in [2.75, 3.05) is 18.4 Å². The Hall–Kier alpha value is -3.22. The van der Waals surface area contributed by atoms with E-state index >= 15 is 0 Å². The summed E-state index contributed by atoms with van der Waals surface area (Å²) < 4.78 is 14.9. The van der Waals surface area contributed by atoms with Crippen molar-refractivity contribution < 1.29 is 9.18 Å². The largest absolute Gasteiger partial charge is 0.324 e. The fraction of sp³-hybridized carbons (Fsp3) is 0.250. The van der Waals surface area contributed by atoms with Gasteiger partial charge < -0.3 is 10.2 Å². The number of rotatable bonds is 2. The summed E-state index contributed by atoms with van der Waals surface area (Å²) in [6.07, 6.45) is 2.81. The number of likely N-dealkylation sites (tertiary alicyclic amines) is 1. The number of hydrogen-bond donors (Lipinski definition) is 1. The van der Waals surface area contributed by atoms with Crippen LogP contribution < -0.4 is 10.9 Å². The van der Waals surface area contributed by atoms with Crippen molar-refractivity contribution in [3.8, 4) is 0 Å². The molecule has 0 radical (unpaired) electrons. The molecule has 4 rings (SSSR count). The Morgan fingerprint density at radius 2 is 1.85 bits per heavy atom. The third-order valence-electron chi connectivity index (χ3n) is 4.92. The molecule has 0 spiro atoms. The number of carbonyl (C=O) groups is 1. The number of carbonyl (C=O) groups excluding carboxylic acids is 1. The molecule has 0 saturated carbocycles. The van der Waals surface area contributed by atoms with Crippen LogP contribution in [0.3, 0.4) is 0 Å². The second-order valence-corrected chi connectivity index (χ2v) is 6.63. The van der Waals surface area contributed by atoms with Crippen LogP contribution in [0.5, 0.6) is 0 Å². The van der Waals surface area contributed by atoms with Gasteiger partial charge in [0.05, 0.1) is 17.2 Å². The molecule has 0 atom stereocenters. The summed E-state index contributed by atoms with van der Waals surface area (Å²) in [6.45, 7) is 1.11. The zero-order chi connectivity index (χ0) is 18.8. The first-order valence-corrected chi connectivity index (χ1v) is 8.89. The number of nitrogens with one attached hydrogen (secondary N) is 1. The van der Waals surface area contributed by atoms with E-state index in [-0.39, 0.29) is 17.6 Å². The fourth-order valence-corrected chi connectivity index (χ4v) is 3.44. The van der Waals surface area contributed by atoms with Gasteiger partial charge in [-0.15, -0.1) is 0 Å². The number of benzene rings is 2. The van der Waals surface area contributed by atoms with E-state index in [9.17, 15) is 14.0 Å². The number of piperidine rings is 1. The van der Waals surface area contributed by atoms with Crippen molar-refractivity contribution in [3.05, 3.63) is 71.0 Å². The van der Waals surface area contributed by atoms with Gasteiger partial charge in [0.15, 0.2) is 0 Å². The van der Waals surface area contributed by atoms with Gasteiger partial charge in [0.2, 0.25) is 0 Å². The van der Waals surface area contributed by atoms with Gasteiger partial charge in [-0.2, -0.15) is 0 Å². The minimum absolute atomic E-state index is 0.0276. The second-order valence-electron chi connectivity index (χ2n) is 6.63. The summed E-state index contributed by atoms with van der Waals surface area (Å²) in [4.78, 5) is 31.1. The average Bonchev–Trinajstić information content (AvgIpc) is 2.69. The summed E-state index contributed by atoms with van der Waals surface area (Å²) >= 11 is 0. The second kappa shape index (κ2) is 7.19. The van der Waals surface area contributed by atoms with E-state index in [1.165, 1.54) is 24.5 Å². The van der Waals surface area contributed by atoms with Crippen molar-refractivity contribution in [2.45, 2.75) is 18.9 Å². The van der Waals surface area contributed by atoms with Crippen LogP contribution in [-0.2, 0) is 0 Å². The Labute approximate surface area is 155 Å². The average molecular weight is 366 g/mol. The first kappa shape index (κ1) is 17.2. The molecule has 1 aliphatic heterocycles. The topological polar surface area (TPSA) is 67.2 Å². The summed E-state index contributed by atoms with van der Waals surface area (Å²) in [5, 5.41) is 3.28. The van der Waals surface area contributed by atoms with E-state index in [2.05, 4.69) is 10.3 Å². The highest BCUT2D eigenvalue weighted by Gasteiger charge is 2.25. The van der Waals surface area contributed by atoms with Crippen molar-refractivity contribution in [2.24, 2.45) is 0 Å². The van der Waals surface area contributed by atoms with Gasteiger partial charge in [-0.3, -0.25) is 9.36 Å². The Bertz CT molecular complexity index is 1030. The lowest BCUT2D eigenvalue weighted by atomic mass is 10.0. The number of fused-ring (bicyclic) bond motifs is 1. The molecule has 1 N–H and O–H groups in total. The first-order valence-electron chi connectivity index (χ1n) is 8.89. The minimum Gasteiger partial charge on any atom is -0.324 e. The molecule has 27 heavy (non-hydrogen) atoms. The van der Waals surface area contributed by atoms with E-state index in [1.54, 1.807) is 9.47 Å². The number of nitrogens with zero attached hydrogens (tertiary/aromatic N) is 3. The number of anilines is 1. The Morgan fingerprint density at radius 1 is 1.11 bits per heavy atom. The Balaban J connectivity index is 1.45. The van der Waals surface area contributed by atoms with Crippen LogP contribution >= 0.6 is 0 Å².